The number of halogens is 1. The Hall–Kier alpha value is -3.92. The van der Waals surface area contributed by atoms with Crippen molar-refractivity contribution in [3.63, 3.8) is 0 Å². The number of hydrogen-bond acceptors (Lipinski definition) is 3. The van der Waals surface area contributed by atoms with Crippen LogP contribution in [0.4, 0.5) is 4.39 Å². The van der Waals surface area contributed by atoms with Gasteiger partial charge in [-0.2, -0.15) is 0 Å². The Balaban J connectivity index is 0.000000944. The third-order valence-electron chi connectivity index (χ3n) is 5.81. The first-order valence-corrected chi connectivity index (χ1v) is 12.8. The van der Waals surface area contributed by atoms with Gasteiger partial charge in [0.05, 0.1) is 0 Å². The molecule has 2 rings (SSSR count). The molecule has 0 fully saturated rings. The van der Waals surface area contributed by atoms with Gasteiger partial charge in [-0.25, -0.2) is 4.39 Å². The molecule has 38 heavy (non-hydrogen) atoms. The molecular formula is C34H46FN3. The number of aliphatic imine (C=N–C) groups is 1. The summed E-state index contributed by atoms with van der Waals surface area (Å²) in [4.78, 5) is 6.18. The zero-order valence-electron chi connectivity index (χ0n) is 24.0. The molecule has 0 aromatic heterocycles. The van der Waals surface area contributed by atoms with Crippen molar-refractivity contribution in [3.05, 3.63) is 145 Å². The van der Waals surface area contributed by atoms with Crippen molar-refractivity contribution >= 4 is 6.21 Å². The Morgan fingerprint density at radius 3 is 2.13 bits per heavy atom. The van der Waals surface area contributed by atoms with E-state index < -0.39 is 0 Å². The first-order chi connectivity index (χ1) is 18.2. The Bertz CT molecular complexity index is 1100. The van der Waals surface area contributed by atoms with Crippen molar-refractivity contribution in [2.45, 2.75) is 46.5 Å². The van der Waals surface area contributed by atoms with Gasteiger partial charge >= 0.3 is 0 Å². The van der Waals surface area contributed by atoms with Crippen molar-refractivity contribution < 1.29 is 4.39 Å². The molecule has 0 radical (unpaired) electrons. The molecule has 2 aromatic rings. The number of benzene rings is 2. The molecule has 0 saturated heterocycles. The Morgan fingerprint density at radius 1 is 1.08 bits per heavy atom. The van der Waals surface area contributed by atoms with Gasteiger partial charge in [0.25, 0.3) is 0 Å². The lowest BCUT2D eigenvalue weighted by molar-refractivity contribution is 0.426. The van der Waals surface area contributed by atoms with Crippen LogP contribution in [-0.2, 0) is 6.42 Å². The van der Waals surface area contributed by atoms with E-state index in [-0.39, 0.29) is 5.82 Å². The predicted octanol–water partition coefficient (Wildman–Crippen LogP) is 8.68. The maximum absolute atomic E-state index is 13.2. The van der Waals surface area contributed by atoms with E-state index in [0.29, 0.717) is 12.3 Å². The lowest BCUT2D eigenvalue weighted by Crippen LogP contribution is -2.21. The molecule has 0 amide bonds. The number of allylic oxidation sites excluding steroid dienone is 3. The molecule has 0 unspecified atom stereocenters. The van der Waals surface area contributed by atoms with Gasteiger partial charge in [0.2, 0.25) is 0 Å². The summed E-state index contributed by atoms with van der Waals surface area (Å²) in [6.45, 7) is 27.3. The van der Waals surface area contributed by atoms with Gasteiger partial charge in [-0.1, -0.05) is 83.0 Å². The maximum atomic E-state index is 13.2. The van der Waals surface area contributed by atoms with Crippen LogP contribution in [0.15, 0.2) is 127 Å². The van der Waals surface area contributed by atoms with Crippen LogP contribution in [0.5, 0.6) is 0 Å². The second kappa shape index (κ2) is 19.2. The lowest BCUT2D eigenvalue weighted by atomic mass is 9.92. The number of likely N-dealkylation sites (N-methyl/N-ethyl adjacent to an activating group) is 1. The van der Waals surface area contributed by atoms with E-state index in [1.54, 1.807) is 30.6 Å². The first kappa shape index (κ1) is 34.1. The topological polar surface area (TPSA) is 41.6 Å². The largest absolute Gasteiger partial charge is 0.404 e. The minimum absolute atomic E-state index is 0.266. The number of nitrogens with two attached hydrogens (primary N) is 1. The highest BCUT2D eigenvalue weighted by molar-refractivity contribution is 5.85. The third-order valence-corrected chi connectivity index (χ3v) is 5.81. The molecular weight excluding hydrogens is 469 g/mol. The summed E-state index contributed by atoms with van der Waals surface area (Å²) >= 11 is 0. The molecule has 204 valence electrons. The molecule has 2 aromatic carbocycles. The monoisotopic (exact) mass is 515 g/mol. The van der Waals surface area contributed by atoms with Crippen LogP contribution in [0.2, 0.25) is 0 Å². The van der Waals surface area contributed by atoms with Crippen LogP contribution in [-0.4, -0.2) is 24.7 Å². The van der Waals surface area contributed by atoms with Crippen molar-refractivity contribution in [1.82, 2.24) is 4.90 Å². The number of aryl methyl sites for hydroxylation is 1. The minimum atomic E-state index is -0.266. The summed E-state index contributed by atoms with van der Waals surface area (Å²) in [6, 6.07) is 14.9. The zero-order valence-corrected chi connectivity index (χ0v) is 24.0. The Kier molecular flexibility index (Phi) is 17.2. The molecule has 0 aliphatic carbocycles. The highest BCUT2D eigenvalue weighted by atomic mass is 19.1. The highest BCUT2D eigenvalue weighted by Gasteiger charge is 2.16. The zero-order chi connectivity index (χ0) is 29.1. The Morgan fingerprint density at radius 2 is 1.68 bits per heavy atom. The minimum Gasteiger partial charge on any atom is -0.404 e. The van der Waals surface area contributed by atoms with Crippen LogP contribution >= 0.6 is 0 Å². The molecule has 0 aliphatic rings. The molecule has 0 heterocycles. The predicted molar refractivity (Wildman–Crippen MR) is 167 cm³/mol. The second-order valence-corrected chi connectivity index (χ2v) is 8.86. The standard InChI is InChI=1S/C22H28FN3.C10H14.C2H4/c1-6-13-26(5)17(4)22(15-24)21(19(7-2)16-25-8-3)14-18-9-11-20(23)12-10-18;1-8(2)10-7-5-4-6-9(10)3;1-2/h7-12,15-16H,2-4,6,13-14,24H2,1,5H3;4-8H,1-3H3;1-2H2/b21-19-,22-15+,25-16?;;. The van der Waals surface area contributed by atoms with Crippen LogP contribution in [0.3, 0.4) is 0 Å². The summed E-state index contributed by atoms with van der Waals surface area (Å²) < 4.78 is 13.2. The summed E-state index contributed by atoms with van der Waals surface area (Å²) in [5, 5.41) is 0. The second-order valence-electron chi connectivity index (χ2n) is 8.86. The fourth-order valence-electron chi connectivity index (χ4n) is 3.83. The van der Waals surface area contributed by atoms with Crippen molar-refractivity contribution in [3.8, 4) is 0 Å². The smallest absolute Gasteiger partial charge is 0.123 e. The van der Waals surface area contributed by atoms with Gasteiger partial charge in [0.15, 0.2) is 0 Å². The summed E-state index contributed by atoms with van der Waals surface area (Å²) in [6.07, 6.45) is 7.98. The summed E-state index contributed by atoms with van der Waals surface area (Å²) in [5.41, 5.74) is 13.2. The normalized spacial score (nSPS) is 11.5. The van der Waals surface area contributed by atoms with E-state index in [1.165, 1.54) is 29.5 Å². The molecule has 0 spiro atoms. The van der Waals surface area contributed by atoms with E-state index in [0.717, 1.165) is 40.9 Å². The quantitative estimate of drug-likeness (QED) is 0.185. The molecule has 4 heteroatoms. The van der Waals surface area contributed by atoms with E-state index in [9.17, 15) is 4.39 Å². The van der Waals surface area contributed by atoms with Gasteiger partial charge in [0.1, 0.15) is 5.82 Å². The van der Waals surface area contributed by atoms with Crippen molar-refractivity contribution in [2.24, 2.45) is 10.7 Å². The molecule has 0 saturated carbocycles. The average molecular weight is 516 g/mol. The molecule has 2 N–H and O–H groups in total. The number of nitrogens with zero attached hydrogens (tertiary/aromatic N) is 2. The fraction of sp³-hybridized carbons (Fsp3) is 0.265. The molecule has 0 atom stereocenters. The van der Waals surface area contributed by atoms with Gasteiger partial charge in [0, 0.05) is 43.5 Å². The van der Waals surface area contributed by atoms with Crippen LogP contribution in [0.25, 0.3) is 0 Å². The van der Waals surface area contributed by atoms with Gasteiger partial charge in [-0.3, -0.25) is 4.99 Å². The Labute approximate surface area is 231 Å². The lowest BCUT2D eigenvalue weighted by Gasteiger charge is -2.25. The molecule has 3 nitrogen and oxygen atoms in total. The number of hydrogen-bond donors (Lipinski definition) is 1. The van der Waals surface area contributed by atoms with E-state index in [1.807, 2.05) is 7.05 Å². The SMILES string of the molecule is C=C.C=CN=C/C(C=C)=C(Cc1ccc(F)cc1)\C(=C\N)C(=C)N(C)CCC.Cc1ccccc1C(C)C. The van der Waals surface area contributed by atoms with Gasteiger partial charge < -0.3 is 10.6 Å². The van der Waals surface area contributed by atoms with Crippen LogP contribution < -0.4 is 5.73 Å². The van der Waals surface area contributed by atoms with Gasteiger partial charge in [-0.05, 0) is 65.7 Å². The van der Waals surface area contributed by atoms with Crippen molar-refractivity contribution in [2.75, 3.05) is 13.6 Å². The molecule has 0 aliphatic heterocycles. The molecule has 0 bridgehead atoms. The number of rotatable bonds is 11. The maximum Gasteiger partial charge on any atom is 0.123 e. The fourth-order valence-corrected chi connectivity index (χ4v) is 3.83. The van der Waals surface area contributed by atoms with E-state index >= 15 is 0 Å². The van der Waals surface area contributed by atoms with E-state index in [4.69, 9.17) is 5.73 Å². The van der Waals surface area contributed by atoms with Gasteiger partial charge in [-0.15, -0.1) is 13.2 Å². The van der Waals surface area contributed by atoms with Crippen LogP contribution in [0.1, 0.15) is 49.8 Å². The van der Waals surface area contributed by atoms with E-state index in [2.05, 4.69) is 94.7 Å². The highest BCUT2D eigenvalue weighted by Crippen LogP contribution is 2.27. The average Bonchev–Trinajstić information content (AvgIpc) is 2.92. The summed E-state index contributed by atoms with van der Waals surface area (Å²) in [7, 11) is 1.98. The van der Waals surface area contributed by atoms with Crippen molar-refractivity contribution in [1.29, 1.82) is 0 Å². The summed E-state index contributed by atoms with van der Waals surface area (Å²) in [5.74, 6) is 0.388. The van der Waals surface area contributed by atoms with Crippen LogP contribution in [0, 0.1) is 12.7 Å². The third kappa shape index (κ3) is 11.4. The first-order valence-electron chi connectivity index (χ1n) is 12.8.